The third-order valence-electron chi connectivity index (χ3n) is 4.51. The van der Waals surface area contributed by atoms with E-state index >= 15 is 0 Å². The van der Waals surface area contributed by atoms with Crippen molar-refractivity contribution in [2.45, 2.75) is 11.9 Å². The molecule has 0 spiro atoms. The maximum Gasteiger partial charge on any atom is 0.236 e. The molecule has 0 atom stereocenters. The zero-order valence-corrected chi connectivity index (χ0v) is 17.7. The number of thiazole rings is 1. The third-order valence-corrected chi connectivity index (χ3v) is 6.36. The molecule has 30 heavy (non-hydrogen) atoms. The maximum atomic E-state index is 12.4. The number of imidazole rings is 1. The van der Waals surface area contributed by atoms with Gasteiger partial charge in [0, 0.05) is 5.56 Å². The van der Waals surface area contributed by atoms with Gasteiger partial charge in [0.2, 0.25) is 5.91 Å². The number of nitrogens with zero attached hydrogens (tertiary/aromatic N) is 4. The molecule has 0 unspecified atom stereocenters. The summed E-state index contributed by atoms with van der Waals surface area (Å²) in [4.78, 5) is 21.4. The SMILES string of the molecule is Cc1ccc2nc(NC(=O)CSc3ccc4nc(-c5ccccc5)cn4n3)sc2c1. The average molecular weight is 432 g/mol. The largest absolute Gasteiger partial charge is 0.301 e. The number of fused-ring (bicyclic) bond motifs is 2. The smallest absolute Gasteiger partial charge is 0.236 e. The molecule has 3 aromatic heterocycles. The highest BCUT2D eigenvalue weighted by Crippen LogP contribution is 2.27. The summed E-state index contributed by atoms with van der Waals surface area (Å²) in [7, 11) is 0. The van der Waals surface area contributed by atoms with E-state index in [-0.39, 0.29) is 11.7 Å². The molecule has 0 bridgehead atoms. The molecule has 148 valence electrons. The Kier molecular flexibility index (Phi) is 4.94. The molecule has 0 aliphatic carbocycles. The van der Waals surface area contributed by atoms with Crippen LogP contribution in [0.25, 0.3) is 27.1 Å². The molecule has 5 aromatic rings. The van der Waals surface area contributed by atoms with Crippen molar-refractivity contribution in [1.82, 2.24) is 19.6 Å². The van der Waals surface area contributed by atoms with Crippen molar-refractivity contribution in [1.29, 1.82) is 0 Å². The first-order valence-corrected chi connectivity index (χ1v) is 11.2. The highest BCUT2D eigenvalue weighted by atomic mass is 32.2. The lowest BCUT2D eigenvalue weighted by Crippen LogP contribution is -2.14. The summed E-state index contributed by atoms with van der Waals surface area (Å²) in [6, 6.07) is 19.8. The number of nitrogens with one attached hydrogen (secondary N) is 1. The monoisotopic (exact) mass is 431 g/mol. The van der Waals surface area contributed by atoms with Crippen LogP contribution in [0.15, 0.2) is 71.9 Å². The fourth-order valence-corrected chi connectivity index (χ4v) is 4.71. The van der Waals surface area contributed by atoms with Gasteiger partial charge in [0.15, 0.2) is 10.8 Å². The zero-order chi connectivity index (χ0) is 20.5. The highest BCUT2D eigenvalue weighted by Gasteiger charge is 2.10. The number of amides is 1. The Morgan fingerprint density at radius 1 is 1.10 bits per heavy atom. The summed E-state index contributed by atoms with van der Waals surface area (Å²) in [6.07, 6.45) is 1.90. The molecule has 1 amide bonds. The van der Waals surface area contributed by atoms with Crippen LogP contribution in [-0.4, -0.2) is 31.2 Å². The Morgan fingerprint density at radius 2 is 1.97 bits per heavy atom. The molecule has 0 aliphatic heterocycles. The molecule has 6 nitrogen and oxygen atoms in total. The fraction of sp³-hybridized carbons (Fsp3) is 0.0909. The van der Waals surface area contributed by atoms with E-state index in [1.54, 1.807) is 4.52 Å². The highest BCUT2D eigenvalue weighted by molar-refractivity contribution is 7.99. The van der Waals surface area contributed by atoms with Crippen LogP contribution in [0.3, 0.4) is 0 Å². The standard InChI is InChI=1S/C22H17N5OS2/c1-14-7-8-16-18(11-14)30-22(24-16)25-20(28)13-29-21-10-9-19-23-17(12-27(19)26-21)15-5-3-2-4-6-15/h2-12H,13H2,1H3,(H,24,25,28). The Balaban J connectivity index is 1.26. The van der Waals surface area contributed by atoms with Gasteiger partial charge in [-0.3, -0.25) is 4.79 Å². The number of anilines is 1. The number of carbonyl (C=O) groups excluding carboxylic acids is 1. The zero-order valence-electron chi connectivity index (χ0n) is 16.1. The number of hydrogen-bond donors (Lipinski definition) is 1. The van der Waals surface area contributed by atoms with Crippen LogP contribution in [-0.2, 0) is 4.79 Å². The van der Waals surface area contributed by atoms with E-state index in [0.29, 0.717) is 5.13 Å². The second kappa shape index (κ2) is 7.89. The summed E-state index contributed by atoms with van der Waals surface area (Å²) in [5, 5.41) is 8.83. The second-order valence-electron chi connectivity index (χ2n) is 6.79. The minimum Gasteiger partial charge on any atom is -0.301 e. The number of hydrogen-bond acceptors (Lipinski definition) is 6. The number of aromatic nitrogens is 4. The van der Waals surface area contributed by atoms with Gasteiger partial charge in [-0.25, -0.2) is 14.5 Å². The lowest BCUT2D eigenvalue weighted by atomic mass is 10.2. The second-order valence-corrected chi connectivity index (χ2v) is 8.82. The first kappa shape index (κ1) is 18.8. The van der Waals surface area contributed by atoms with Crippen LogP contribution in [0.4, 0.5) is 5.13 Å². The molecule has 0 aliphatic rings. The topological polar surface area (TPSA) is 72.2 Å². The van der Waals surface area contributed by atoms with Crippen LogP contribution in [0.5, 0.6) is 0 Å². The molecule has 1 N–H and O–H groups in total. The predicted octanol–water partition coefficient (Wildman–Crippen LogP) is 5.05. The molecule has 0 saturated heterocycles. The quantitative estimate of drug-likeness (QED) is 0.395. The summed E-state index contributed by atoms with van der Waals surface area (Å²) >= 11 is 2.87. The van der Waals surface area contributed by atoms with E-state index in [1.165, 1.54) is 28.7 Å². The molecule has 2 aromatic carbocycles. The van der Waals surface area contributed by atoms with Crippen LogP contribution in [0.2, 0.25) is 0 Å². The fourth-order valence-electron chi connectivity index (χ4n) is 3.07. The van der Waals surface area contributed by atoms with Crippen molar-refractivity contribution < 1.29 is 4.79 Å². The molecule has 5 rings (SSSR count). The first-order valence-electron chi connectivity index (χ1n) is 9.36. The van der Waals surface area contributed by atoms with Crippen LogP contribution >= 0.6 is 23.1 Å². The van der Waals surface area contributed by atoms with E-state index in [1.807, 2.05) is 67.7 Å². The van der Waals surface area contributed by atoms with Crippen LogP contribution < -0.4 is 5.32 Å². The molecular weight excluding hydrogens is 414 g/mol. The van der Waals surface area contributed by atoms with Gasteiger partial charge in [-0.15, -0.1) is 0 Å². The Hall–Kier alpha value is -3.23. The number of rotatable bonds is 5. The summed E-state index contributed by atoms with van der Waals surface area (Å²) in [5.74, 6) is 0.154. The van der Waals surface area contributed by atoms with Gasteiger partial charge in [-0.05, 0) is 36.8 Å². The van der Waals surface area contributed by atoms with Crippen molar-refractivity contribution >= 4 is 50.0 Å². The van der Waals surface area contributed by atoms with Crippen molar-refractivity contribution in [2.75, 3.05) is 11.1 Å². The molecule has 0 saturated carbocycles. The average Bonchev–Trinajstić information content (AvgIpc) is 3.35. The van der Waals surface area contributed by atoms with Crippen LogP contribution in [0, 0.1) is 6.92 Å². The summed E-state index contributed by atoms with van der Waals surface area (Å²) in [5.41, 5.74) is 4.76. The lowest BCUT2D eigenvalue weighted by molar-refractivity contribution is -0.113. The first-order chi connectivity index (χ1) is 14.6. The van der Waals surface area contributed by atoms with Crippen molar-refractivity contribution in [3.05, 3.63) is 72.4 Å². The van der Waals surface area contributed by atoms with Gasteiger partial charge in [0.1, 0.15) is 5.03 Å². The van der Waals surface area contributed by atoms with Crippen molar-refractivity contribution in [2.24, 2.45) is 0 Å². The summed E-state index contributed by atoms with van der Waals surface area (Å²) < 4.78 is 2.82. The van der Waals surface area contributed by atoms with Gasteiger partial charge < -0.3 is 5.32 Å². The van der Waals surface area contributed by atoms with Crippen molar-refractivity contribution in [3.63, 3.8) is 0 Å². The van der Waals surface area contributed by atoms with Gasteiger partial charge in [0.25, 0.3) is 0 Å². The van der Waals surface area contributed by atoms with E-state index in [2.05, 4.69) is 26.4 Å². The normalized spacial score (nSPS) is 11.2. The Labute approximate surface area is 181 Å². The van der Waals surface area contributed by atoms with Gasteiger partial charge in [-0.2, -0.15) is 5.10 Å². The lowest BCUT2D eigenvalue weighted by Gasteiger charge is -2.02. The number of carbonyl (C=O) groups is 1. The molecular formula is C22H17N5OS2. The summed E-state index contributed by atoms with van der Waals surface area (Å²) in [6.45, 7) is 2.04. The maximum absolute atomic E-state index is 12.4. The molecule has 0 radical (unpaired) electrons. The minimum atomic E-state index is -0.103. The third kappa shape index (κ3) is 3.92. The molecule has 3 heterocycles. The van der Waals surface area contributed by atoms with E-state index in [4.69, 9.17) is 0 Å². The molecule has 8 heteroatoms. The van der Waals surface area contributed by atoms with Gasteiger partial charge >= 0.3 is 0 Å². The van der Waals surface area contributed by atoms with Gasteiger partial charge in [0.05, 0.1) is 27.9 Å². The number of thioether (sulfide) groups is 1. The van der Waals surface area contributed by atoms with E-state index in [9.17, 15) is 4.79 Å². The number of benzene rings is 2. The number of aryl methyl sites for hydroxylation is 1. The minimum absolute atomic E-state index is 0.103. The predicted molar refractivity (Wildman–Crippen MR) is 122 cm³/mol. The Bertz CT molecular complexity index is 1360. The van der Waals surface area contributed by atoms with E-state index < -0.39 is 0 Å². The van der Waals surface area contributed by atoms with Crippen molar-refractivity contribution in [3.8, 4) is 11.3 Å². The van der Waals surface area contributed by atoms with Gasteiger partial charge in [-0.1, -0.05) is 59.5 Å². The Morgan fingerprint density at radius 3 is 2.83 bits per heavy atom. The van der Waals surface area contributed by atoms with Crippen LogP contribution in [0.1, 0.15) is 5.56 Å². The van der Waals surface area contributed by atoms with E-state index in [0.717, 1.165) is 32.1 Å². The molecule has 0 fully saturated rings.